The van der Waals surface area contributed by atoms with Crippen LogP contribution in [-0.2, 0) is 9.53 Å². The van der Waals surface area contributed by atoms with Crippen molar-refractivity contribution in [3.63, 3.8) is 0 Å². The molecule has 37 heavy (non-hydrogen) atoms. The van der Waals surface area contributed by atoms with E-state index in [0.717, 1.165) is 34.9 Å². The zero-order chi connectivity index (χ0) is 26.3. The first-order valence-electron chi connectivity index (χ1n) is 12.9. The number of ether oxygens (including phenoxy) is 2. The molecular weight excluding hydrogens is 470 g/mol. The van der Waals surface area contributed by atoms with E-state index in [2.05, 4.69) is 29.1 Å². The molecule has 0 saturated carbocycles. The van der Waals surface area contributed by atoms with Gasteiger partial charge in [-0.05, 0) is 48.4 Å². The maximum atomic E-state index is 12.3. The van der Waals surface area contributed by atoms with Crippen LogP contribution in [0.1, 0.15) is 80.9 Å². The summed E-state index contributed by atoms with van der Waals surface area (Å²) < 4.78 is 11.6. The van der Waals surface area contributed by atoms with Crippen molar-refractivity contribution in [3.05, 3.63) is 47.4 Å². The molecule has 3 aromatic rings. The third-order valence-corrected chi connectivity index (χ3v) is 7.42. The quantitative estimate of drug-likeness (QED) is 0.452. The number of nitrogens with one attached hydrogen (secondary N) is 1. The van der Waals surface area contributed by atoms with Crippen LogP contribution in [0.5, 0.6) is 5.88 Å². The third-order valence-electron chi connectivity index (χ3n) is 7.42. The smallest absolute Gasteiger partial charge is 0.340 e. The van der Waals surface area contributed by atoms with Crippen LogP contribution < -0.4 is 10.1 Å². The summed E-state index contributed by atoms with van der Waals surface area (Å²) in [5, 5.41) is 5.18. The number of fused-ring (bicyclic) bond motifs is 2. The number of esters is 1. The van der Waals surface area contributed by atoms with Gasteiger partial charge in [0.15, 0.2) is 0 Å². The van der Waals surface area contributed by atoms with Crippen molar-refractivity contribution >= 4 is 34.3 Å². The van der Waals surface area contributed by atoms with Crippen LogP contribution in [0, 0.1) is 0 Å². The van der Waals surface area contributed by atoms with E-state index in [1.165, 1.54) is 0 Å². The Balaban J connectivity index is 1.46. The Morgan fingerprint density at radius 3 is 2.70 bits per heavy atom. The fraction of sp³-hybridized carbons (Fsp3) is 0.464. The third kappa shape index (κ3) is 4.82. The highest BCUT2D eigenvalue weighted by molar-refractivity contribution is 5.93. The lowest BCUT2D eigenvalue weighted by molar-refractivity contribution is -0.137. The summed E-state index contributed by atoms with van der Waals surface area (Å²) in [6.07, 6.45) is 5.48. The van der Waals surface area contributed by atoms with Crippen molar-refractivity contribution < 1.29 is 19.1 Å². The van der Waals surface area contributed by atoms with E-state index in [0.29, 0.717) is 42.1 Å². The molecule has 0 aliphatic carbocycles. The molecule has 0 spiro atoms. The Bertz CT molecular complexity index is 1350. The number of carbonyl (C=O) groups is 2. The van der Waals surface area contributed by atoms with Gasteiger partial charge in [-0.15, -0.1) is 0 Å². The van der Waals surface area contributed by atoms with E-state index >= 15 is 0 Å². The maximum Gasteiger partial charge on any atom is 0.340 e. The molecule has 2 aliphatic rings. The molecule has 2 aliphatic heterocycles. The van der Waals surface area contributed by atoms with Crippen molar-refractivity contribution in [3.8, 4) is 5.88 Å². The molecule has 0 bridgehead atoms. The summed E-state index contributed by atoms with van der Waals surface area (Å²) in [4.78, 5) is 39.6. The van der Waals surface area contributed by atoms with E-state index in [1.807, 2.05) is 26.1 Å². The molecule has 0 aromatic carbocycles. The van der Waals surface area contributed by atoms with E-state index in [1.54, 1.807) is 30.2 Å². The number of hydrogen-bond acceptors (Lipinski definition) is 8. The summed E-state index contributed by atoms with van der Waals surface area (Å²) in [5.74, 6) is 1.82. The van der Waals surface area contributed by atoms with Gasteiger partial charge in [0.1, 0.15) is 23.8 Å². The summed E-state index contributed by atoms with van der Waals surface area (Å²) >= 11 is 0. The van der Waals surface area contributed by atoms with Gasteiger partial charge in [0.25, 0.3) is 0 Å². The van der Waals surface area contributed by atoms with Crippen LogP contribution in [-0.4, -0.2) is 57.0 Å². The molecule has 2 unspecified atom stereocenters. The predicted octanol–water partition coefficient (Wildman–Crippen LogP) is 4.94. The summed E-state index contributed by atoms with van der Waals surface area (Å²) in [6.45, 7) is 11.0. The second-order valence-electron chi connectivity index (χ2n) is 10.1. The van der Waals surface area contributed by atoms with Crippen molar-refractivity contribution in [1.29, 1.82) is 0 Å². The van der Waals surface area contributed by atoms with Crippen LogP contribution in [0.2, 0.25) is 0 Å². The highest BCUT2D eigenvalue weighted by atomic mass is 16.5. The van der Waals surface area contributed by atoms with Crippen LogP contribution >= 0.6 is 0 Å². The minimum atomic E-state index is -0.337. The number of pyridine rings is 3. The number of amides is 1. The molecular formula is C28H33N5O4. The lowest BCUT2D eigenvalue weighted by Gasteiger charge is -2.38. The zero-order valence-corrected chi connectivity index (χ0v) is 21.9. The number of cyclic esters (lactones) is 1. The average molecular weight is 504 g/mol. The van der Waals surface area contributed by atoms with E-state index in [-0.39, 0.29) is 30.0 Å². The largest absolute Gasteiger partial charge is 0.470 e. The molecule has 1 fully saturated rings. The summed E-state index contributed by atoms with van der Waals surface area (Å²) in [7, 11) is 0. The topological polar surface area (TPSA) is 107 Å². The van der Waals surface area contributed by atoms with Gasteiger partial charge in [0.2, 0.25) is 11.8 Å². The number of nitrogens with zero attached hydrogens (tertiary/aromatic N) is 4. The fourth-order valence-electron chi connectivity index (χ4n) is 4.96. The van der Waals surface area contributed by atoms with E-state index in [9.17, 15) is 9.59 Å². The number of rotatable bonds is 7. The molecule has 3 atom stereocenters. The Hall–Kier alpha value is -3.75. The normalized spacial score (nSPS) is 20.1. The van der Waals surface area contributed by atoms with Gasteiger partial charge in [-0.25, -0.2) is 19.7 Å². The summed E-state index contributed by atoms with van der Waals surface area (Å²) in [6, 6.07) is 5.53. The van der Waals surface area contributed by atoms with Gasteiger partial charge in [0.05, 0.1) is 29.7 Å². The van der Waals surface area contributed by atoms with Gasteiger partial charge in [0, 0.05) is 25.2 Å². The van der Waals surface area contributed by atoms with Crippen LogP contribution in [0.15, 0.2) is 30.6 Å². The molecule has 5 heterocycles. The van der Waals surface area contributed by atoms with Crippen LogP contribution in [0.25, 0.3) is 10.8 Å². The van der Waals surface area contributed by atoms with Gasteiger partial charge < -0.3 is 19.7 Å². The number of anilines is 2. The van der Waals surface area contributed by atoms with Crippen LogP contribution in [0.3, 0.4) is 0 Å². The Kier molecular flexibility index (Phi) is 6.70. The molecule has 9 nitrogen and oxygen atoms in total. The predicted molar refractivity (Wildman–Crippen MR) is 140 cm³/mol. The molecule has 194 valence electrons. The monoisotopic (exact) mass is 503 g/mol. The first kappa shape index (κ1) is 24.9. The zero-order valence-electron chi connectivity index (χ0n) is 21.9. The number of hydrogen-bond donors (Lipinski definition) is 1. The lowest BCUT2D eigenvalue weighted by atomic mass is 9.94. The van der Waals surface area contributed by atoms with Gasteiger partial charge >= 0.3 is 5.97 Å². The highest BCUT2D eigenvalue weighted by Crippen LogP contribution is 2.35. The highest BCUT2D eigenvalue weighted by Gasteiger charge is 2.32. The first-order chi connectivity index (χ1) is 17.7. The minimum Gasteiger partial charge on any atom is -0.470 e. The maximum absolute atomic E-state index is 12.3. The minimum absolute atomic E-state index is 0.00304. The van der Waals surface area contributed by atoms with Crippen LogP contribution in [0.4, 0.5) is 11.6 Å². The molecule has 1 amide bonds. The Morgan fingerprint density at radius 1 is 1.19 bits per heavy atom. The summed E-state index contributed by atoms with van der Waals surface area (Å²) in [5.41, 5.74) is 2.37. The lowest BCUT2D eigenvalue weighted by Crippen LogP contribution is -2.55. The Morgan fingerprint density at radius 2 is 1.97 bits per heavy atom. The number of aromatic nitrogens is 3. The van der Waals surface area contributed by atoms with Crippen molar-refractivity contribution in [2.24, 2.45) is 0 Å². The van der Waals surface area contributed by atoms with Gasteiger partial charge in [-0.2, -0.15) is 0 Å². The van der Waals surface area contributed by atoms with Crippen molar-refractivity contribution in [2.75, 3.05) is 18.4 Å². The average Bonchev–Trinajstić information content (AvgIpc) is 2.84. The van der Waals surface area contributed by atoms with Gasteiger partial charge in [-0.3, -0.25) is 4.79 Å². The molecule has 1 saturated heterocycles. The molecule has 3 aromatic heterocycles. The van der Waals surface area contributed by atoms with Crippen molar-refractivity contribution in [1.82, 2.24) is 19.9 Å². The number of likely N-dealkylation sites (tertiary alicyclic amines) is 1. The number of carbonyl (C=O) groups excluding carboxylic acids is 2. The van der Waals surface area contributed by atoms with E-state index in [4.69, 9.17) is 14.5 Å². The first-order valence-corrected chi connectivity index (χ1v) is 12.9. The molecule has 1 N–H and O–H groups in total. The molecule has 5 rings (SSSR count). The standard InChI is InChI=1S/C28H33N5O4/c1-6-7-15(2)22-11-30-27(37-19-13-33(14-19)18(5)34)23-12-29-25(10-21(22)23)31-24-9-8-20-26(32-24)16(3)17(4)36-28(20)35/h8-12,15-17,19H,6-7,13-14H2,1-5H3,(H,29,31,32)/t15?,16?,17-/m0/s1. The van der Waals surface area contributed by atoms with Crippen molar-refractivity contribution in [2.45, 2.75) is 71.5 Å². The fourth-order valence-corrected chi connectivity index (χ4v) is 4.96. The second-order valence-corrected chi connectivity index (χ2v) is 10.1. The molecule has 0 radical (unpaired) electrons. The van der Waals surface area contributed by atoms with Gasteiger partial charge in [-0.1, -0.05) is 27.2 Å². The second kappa shape index (κ2) is 9.95. The Labute approximate surface area is 216 Å². The molecule has 9 heteroatoms. The van der Waals surface area contributed by atoms with E-state index < -0.39 is 0 Å². The SMILES string of the molecule is CCCC(C)c1cnc(OC2CN(C(C)=O)C2)c2cnc(Nc3ccc4c(n3)C(C)[C@H](C)OC4=O)cc12.